The van der Waals surface area contributed by atoms with E-state index in [9.17, 15) is 0 Å². The molecule has 1 aromatic heterocycles. The van der Waals surface area contributed by atoms with Gasteiger partial charge < -0.3 is 15.2 Å². The molecular weight excluding hydrogens is 270 g/mol. The number of para-hydroxylation sites is 1. The molecule has 21 heavy (non-hydrogen) atoms. The zero-order valence-corrected chi connectivity index (χ0v) is 12.8. The van der Waals surface area contributed by atoms with Crippen molar-refractivity contribution in [2.45, 2.75) is 32.9 Å². The second-order valence-electron chi connectivity index (χ2n) is 5.28. The van der Waals surface area contributed by atoms with Crippen LogP contribution in [0.2, 0.25) is 0 Å². The average molecular weight is 291 g/mol. The Morgan fingerprint density at radius 1 is 1.33 bits per heavy atom. The normalized spacial score (nSPS) is 11.6. The van der Waals surface area contributed by atoms with Crippen LogP contribution < -0.4 is 10.5 Å². The van der Waals surface area contributed by atoms with Gasteiger partial charge in [-0.15, -0.1) is 5.10 Å². The zero-order valence-electron chi connectivity index (χ0n) is 12.8. The first-order chi connectivity index (χ1) is 9.98. The number of rotatable bonds is 6. The molecule has 0 saturated carbocycles. The number of nitrogens with zero attached hydrogens (tertiary/aromatic N) is 4. The fraction of sp³-hybridized carbons (Fsp3) is 0.500. The molecular formula is C14H21N5O2. The van der Waals surface area contributed by atoms with Gasteiger partial charge in [-0.1, -0.05) is 6.07 Å². The molecule has 114 valence electrons. The van der Waals surface area contributed by atoms with Crippen LogP contribution >= 0.6 is 0 Å². The van der Waals surface area contributed by atoms with Gasteiger partial charge in [0.1, 0.15) is 0 Å². The lowest BCUT2D eigenvalue weighted by atomic mass is 10.1. The molecule has 0 radical (unpaired) electrons. The summed E-state index contributed by atoms with van der Waals surface area (Å²) < 4.78 is 12.8. The van der Waals surface area contributed by atoms with Crippen LogP contribution in [0.5, 0.6) is 5.75 Å². The Kier molecular flexibility index (Phi) is 4.42. The van der Waals surface area contributed by atoms with E-state index in [0.717, 1.165) is 5.56 Å². The molecule has 1 aromatic carbocycles. The number of hydrogen-bond acceptors (Lipinski definition) is 6. The number of aromatic nitrogens is 4. The van der Waals surface area contributed by atoms with Crippen molar-refractivity contribution in [2.24, 2.45) is 0 Å². The van der Waals surface area contributed by atoms with Gasteiger partial charge in [0.25, 0.3) is 0 Å². The molecule has 0 spiro atoms. The Labute approximate surface area is 124 Å². The first-order valence-electron chi connectivity index (χ1n) is 6.81. The van der Waals surface area contributed by atoms with Gasteiger partial charge in [-0.3, -0.25) is 0 Å². The third-order valence-corrected chi connectivity index (χ3v) is 3.19. The van der Waals surface area contributed by atoms with Crippen molar-refractivity contribution in [2.75, 3.05) is 19.5 Å². The first kappa shape index (κ1) is 15.2. The summed E-state index contributed by atoms with van der Waals surface area (Å²) in [6.45, 7) is 6.90. The van der Waals surface area contributed by atoms with Crippen LogP contribution in [-0.4, -0.2) is 39.5 Å². The third-order valence-electron chi connectivity index (χ3n) is 3.19. The van der Waals surface area contributed by atoms with Gasteiger partial charge in [-0.2, -0.15) is 0 Å². The highest BCUT2D eigenvalue weighted by atomic mass is 16.5. The fourth-order valence-electron chi connectivity index (χ4n) is 1.97. The predicted octanol–water partition coefficient (Wildman–Crippen LogP) is 1.75. The summed E-state index contributed by atoms with van der Waals surface area (Å²) in [5, 5.41) is 11.9. The Morgan fingerprint density at radius 3 is 2.76 bits per heavy atom. The summed E-state index contributed by atoms with van der Waals surface area (Å²) in [4.78, 5) is 0. The van der Waals surface area contributed by atoms with E-state index in [1.807, 2.05) is 32.9 Å². The summed E-state index contributed by atoms with van der Waals surface area (Å²) in [5.41, 5.74) is 6.95. The monoisotopic (exact) mass is 291 g/mol. The standard InChI is InChI=1S/C14H21N5O2/c1-5-21-12-10(7-6-8-11(12)15)13-16-17-18-19(13)9-14(2,3)20-4/h6-8H,5,9,15H2,1-4H3. The van der Waals surface area contributed by atoms with Crippen LogP contribution in [0.15, 0.2) is 18.2 Å². The van der Waals surface area contributed by atoms with E-state index >= 15 is 0 Å². The van der Waals surface area contributed by atoms with Crippen LogP contribution in [-0.2, 0) is 11.3 Å². The Morgan fingerprint density at radius 2 is 2.10 bits per heavy atom. The molecule has 0 atom stereocenters. The van der Waals surface area contributed by atoms with Gasteiger partial charge in [-0.05, 0) is 43.3 Å². The van der Waals surface area contributed by atoms with E-state index in [1.165, 1.54) is 0 Å². The molecule has 0 aliphatic heterocycles. The molecule has 2 rings (SSSR count). The van der Waals surface area contributed by atoms with Gasteiger partial charge in [0.15, 0.2) is 11.6 Å². The number of ether oxygens (including phenoxy) is 2. The van der Waals surface area contributed by atoms with Gasteiger partial charge in [0.05, 0.1) is 30.0 Å². The molecule has 0 fully saturated rings. The molecule has 0 bridgehead atoms. The van der Waals surface area contributed by atoms with Crippen molar-refractivity contribution in [3.05, 3.63) is 18.2 Å². The van der Waals surface area contributed by atoms with Gasteiger partial charge in [0.2, 0.25) is 0 Å². The summed E-state index contributed by atoms with van der Waals surface area (Å²) in [7, 11) is 1.66. The quantitative estimate of drug-likeness (QED) is 0.816. The van der Waals surface area contributed by atoms with Crippen molar-refractivity contribution in [1.29, 1.82) is 0 Å². The highest BCUT2D eigenvalue weighted by Gasteiger charge is 2.23. The topological polar surface area (TPSA) is 88.1 Å². The third kappa shape index (κ3) is 3.30. The second kappa shape index (κ2) is 6.09. The van der Waals surface area contributed by atoms with E-state index in [4.69, 9.17) is 15.2 Å². The van der Waals surface area contributed by atoms with Gasteiger partial charge >= 0.3 is 0 Å². The molecule has 0 saturated heterocycles. The van der Waals surface area contributed by atoms with E-state index in [1.54, 1.807) is 17.9 Å². The SMILES string of the molecule is CCOc1c(N)cccc1-c1nnnn1CC(C)(C)OC. The minimum absolute atomic E-state index is 0.379. The molecule has 2 aromatic rings. The Balaban J connectivity index is 2.44. The van der Waals surface area contributed by atoms with Crippen molar-refractivity contribution in [3.63, 3.8) is 0 Å². The summed E-state index contributed by atoms with van der Waals surface area (Å²) >= 11 is 0. The highest BCUT2D eigenvalue weighted by molar-refractivity contribution is 5.73. The maximum absolute atomic E-state index is 5.99. The molecule has 7 nitrogen and oxygen atoms in total. The molecule has 0 unspecified atom stereocenters. The largest absolute Gasteiger partial charge is 0.491 e. The maximum atomic E-state index is 5.99. The molecule has 1 heterocycles. The molecule has 7 heteroatoms. The minimum Gasteiger partial charge on any atom is -0.491 e. The molecule has 0 amide bonds. The minimum atomic E-state index is -0.379. The number of nitrogens with two attached hydrogens (primary N) is 1. The average Bonchev–Trinajstić information content (AvgIpc) is 2.88. The Hall–Kier alpha value is -2.15. The molecule has 2 N–H and O–H groups in total. The van der Waals surface area contributed by atoms with E-state index < -0.39 is 0 Å². The van der Waals surface area contributed by atoms with E-state index in [-0.39, 0.29) is 5.60 Å². The summed E-state index contributed by atoms with van der Waals surface area (Å²) in [5.74, 6) is 1.21. The zero-order chi connectivity index (χ0) is 15.5. The molecule has 0 aliphatic rings. The fourth-order valence-corrected chi connectivity index (χ4v) is 1.97. The lowest BCUT2D eigenvalue weighted by Gasteiger charge is -2.23. The number of nitrogen functional groups attached to an aromatic ring is 1. The van der Waals surface area contributed by atoms with Crippen LogP contribution in [0.4, 0.5) is 5.69 Å². The summed E-state index contributed by atoms with van der Waals surface area (Å²) in [6, 6.07) is 5.54. The lowest BCUT2D eigenvalue weighted by molar-refractivity contribution is 0.00537. The van der Waals surface area contributed by atoms with Crippen LogP contribution in [0, 0.1) is 0 Å². The van der Waals surface area contributed by atoms with Crippen molar-refractivity contribution >= 4 is 5.69 Å². The first-order valence-corrected chi connectivity index (χ1v) is 6.81. The number of methoxy groups -OCH3 is 1. The van der Waals surface area contributed by atoms with Crippen molar-refractivity contribution < 1.29 is 9.47 Å². The number of hydrogen-bond donors (Lipinski definition) is 1. The predicted molar refractivity (Wildman–Crippen MR) is 79.9 cm³/mol. The number of anilines is 1. The smallest absolute Gasteiger partial charge is 0.185 e. The van der Waals surface area contributed by atoms with Crippen LogP contribution in [0.1, 0.15) is 20.8 Å². The second-order valence-corrected chi connectivity index (χ2v) is 5.28. The highest BCUT2D eigenvalue weighted by Crippen LogP contribution is 2.33. The van der Waals surface area contributed by atoms with Crippen LogP contribution in [0.3, 0.4) is 0 Å². The van der Waals surface area contributed by atoms with Crippen molar-refractivity contribution in [3.8, 4) is 17.1 Å². The maximum Gasteiger partial charge on any atom is 0.185 e. The Bertz CT molecular complexity index is 609. The van der Waals surface area contributed by atoms with Gasteiger partial charge in [0, 0.05) is 7.11 Å². The lowest BCUT2D eigenvalue weighted by Crippen LogP contribution is -2.30. The summed E-state index contributed by atoms with van der Waals surface area (Å²) in [6.07, 6.45) is 0. The van der Waals surface area contributed by atoms with Gasteiger partial charge in [-0.25, -0.2) is 4.68 Å². The number of benzene rings is 1. The van der Waals surface area contributed by atoms with E-state index in [2.05, 4.69) is 15.5 Å². The molecule has 0 aliphatic carbocycles. The van der Waals surface area contributed by atoms with Crippen LogP contribution in [0.25, 0.3) is 11.4 Å². The number of tetrazole rings is 1. The van der Waals surface area contributed by atoms with E-state index in [0.29, 0.717) is 30.4 Å². The van der Waals surface area contributed by atoms with Crippen molar-refractivity contribution in [1.82, 2.24) is 20.2 Å².